The molecule has 0 unspecified atom stereocenters. The van der Waals surface area contributed by atoms with Crippen molar-refractivity contribution in [3.63, 3.8) is 0 Å². The largest absolute Gasteiger partial charge is 0.315 e. The van der Waals surface area contributed by atoms with Gasteiger partial charge in [-0.3, -0.25) is 0 Å². The summed E-state index contributed by atoms with van der Waals surface area (Å²) in [5.41, 5.74) is -0.722. The van der Waals surface area contributed by atoms with Crippen LogP contribution in [-0.4, -0.2) is 20.4 Å². The van der Waals surface area contributed by atoms with Crippen LogP contribution in [0.25, 0.3) is 0 Å². The summed E-state index contributed by atoms with van der Waals surface area (Å²) >= 11 is 2.71. The Labute approximate surface area is 127 Å². The number of rotatable bonds is 6. The summed E-state index contributed by atoms with van der Waals surface area (Å²) in [6.07, 6.45) is 1.67. The molecule has 0 aliphatic carbocycles. The molecule has 0 amide bonds. The van der Waals surface area contributed by atoms with Gasteiger partial charge in [-0.15, -0.1) is 22.7 Å². The molecule has 2 aromatic rings. The second-order valence-electron chi connectivity index (χ2n) is 4.82. The van der Waals surface area contributed by atoms with Crippen molar-refractivity contribution in [1.82, 2.24) is 15.0 Å². The fourth-order valence-electron chi connectivity index (χ4n) is 1.73. The van der Waals surface area contributed by atoms with Gasteiger partial charge in [0.1, 0.15) is 9.22 Å². The van der Waals surface area contributed by atoms with Crippen molar-refractivity contribution in [2.75, 3.05) is 7.05 Å². The van der Waals surface area contributed by atoms with Crippen molar-refractivity contribution >= 4 is 32.7 Å². The Bertz CT molecular complexity index is 660. The highest BCUT2D eigenvalue weighted by molar-refractivity contribution is 7.91. The number of hydrogen-bond acceptors (Lipinski definition) is 6. The summed E-state index contributed by atoms with van der Waals surface area (Å²) in [7, 11) is -1.70. The number of nitrogens with zero attached hydrogens (tertiary/aromatic N) is 1. The summed E-state index contributed by atoms with van der Waals surface area (Å²) in [6, 6.07) is 3.46. The number of nitrogens with one attached hydrogen (secondary N) is 2. The quantitative estimate of drug-likeness (QED) is 0.851. The molecule has 2 N–H and O–H groups in total. The summed E-state index contributed by atoms with van der Waals surface area (Å²) in [5.74, 6) is 0. The Hall–Kier alpha value is -0.800. The SMILES string of the molecule is CNCc1ccc(S(=O)(=O)NC(C)(C)c2nccs2)s1. The van der Waals surface area contributed by atoms with Crippen LogP contribution in [0.15, 0.2) is 27.9 Å². The lowest BCUT2D eigenvalue weighted by Gasteiger charge is -2.22. The zero-order valence-electron chi connectivity index (χ0n) is 11.5. The summed E-state index contributed by atoms with van der Waals surface area (Å²) in [4.78, 5) is 5.17. The zero-order chi connectivity index (χ0) is 14.8. The average molecular weight is 331 g/mol. The predicted octanol–water partition coefficient (Wildman–Crippen LogP) is 2.14. The molecule has 0 saturated heterocycles. The second-order valence-corrected chi connectivity index (χ2v) is 8.79. The maximum atomic E-state index is 12.4. The molecule has 5 nitrogen and oxygen atoms in total. The van der Waals surface area contributed by atoms with Gasteiger partial charge in [-0.2, -0.15) is 4.72 Å². The van der Waals surface area contributed by atoms with E-state index in [9.17, 15) is 8.42 Å². The lowest BCUT2D eigenvalue weighted by molar-refractivity contribution is 0.471. The molecule has 0 aliphatic rings. The summed E-state index contributed by atoms with van der Waals surface area (Å²) in [6.45, 7) is 4.28. The minimum atomic E-state index is -3.53. The average Bonchev–Trinajstić information content (AvgIpc) is 2.99. The number of aromatic nitrogens is 1. The third-order valence-electron chi connectivity index (χ3n) is 2.61. The van der Waals surface area contributed by atoms with Crippen molar-refractivity contribution in [3.05, 3.63) is 33.6 Å². The Morgan fingerprint density at radius 2 is 2.10 bits per heavy atom. The highest BCUT2D eigenvalue weighted by atomic mass is 32.2. The van der Waals surface area contributed by atoms with E-state index in [2.05, 4.69) is 15.0 Å². The van der Waals surface area contributed by atoms with E-state index in [1.54, 1.807) is 12.3 Å². The van der Waals surface area contributed by atoms with E-state index in [-0.39, 0.29) is 0 Å². The maximum Gasteiger partial charge on any atom is 0.250 e. The molecule has 2 heterocycles. The molecule has 2 aromatic heterocycles. The predicted molar refractivity (Wildman–Crippen MR) is 82.5 cm³/mol. The molecule has 0 radical (unpaired) electrons. The summed E-state index contributed by atoms with van der Waals surface area (Å²) in [5, 5.41) is 5.58. The van der Waals surface area contributed by atoms with Gasteiger partial charge in [0.25, 0.3) is 10.0 Å². The van der Waals surface area contributed by atoms with Gasteiger partial charge in [-0.1, -0.05) is 0 Å². The molecule has 0 aliphatic heterocycles. The lowest BCUT2D eigenvalue weighted by atomic mass is 10.1. The van der Waals surface area contributed by atoms with Crippen LogP contribution in [-0.2, 0) is 22.1 Å². The van der Waals surface area contributed by atoms with Crippen LogP contribution in [0.3, 0.4) is 0 Å². The molecule has 8 heteroatoms. The molecule has 0 spiro atoms. The Morgan fingerprint density at radius 3 is 2.70 bits per heavy atom. The fraction of sp³-hybridized carbons (Fsp3) is 0.417. The van der Waals surface area contributed by atoms with Crippen molar-refractivity contribution in [1.29, 1.82) is 0 Å². The van der Waals surface area contributed by atoms with Gasteiger partial charge in [-0.25, -0.2) is 13.4 Å². The minimum absolute atomic E-state index is 0.326. The van der Waals surface area contributed by atoms with Gasteiger partial charge in [0.05, 0.1) is 5.54 Å². The third kappa shape index (κ3) is 3.44. The first kappa shape index (κ1) is 15.6. The molecular formula is C12H17N3O2S3. The highest BCUT2D eigenvalue weighted by Gasteiger charge is 2.30. The first-order chi connectivity index (χ1) is 9.35. The van der Waals surface area contributed by atoms with Gasteiger partial charge in [0.2, 0.25) is 0 Å². The van der Waals surface area contributed by atoms with Crippen LogP contribution in [0.2, 0.25) is 0 Å². The van der Waals surface area contributed by atoms with E-state index in [1.165, 1.54) is 22.7 Å². The van der Waals surface area contributed by atoms with Crippen molar-refractivity contribution in [2.24, 2.45) is 0 Å². The number of hydrogen-bond donors (Lipinski definition) is 2. The highest BCUT2D eigenvalue weighted by Crippen LogP contribution is 2.27. The van der Waals surface area contributed by atoms with E-state index < -0.39 is 15.6 Å². The molecule has 20 heavy (non-hydrogen) atoms. The monoisotopic (exact) mass is 331 g/mol. The van der Waals surface area contributed by atoms with E-state index in [1.807, 2.05) is 32.3 Å². The van der Waals surface area contributed by atoms with E-state index in [4.69, 9.17) is 0 Å². The van der Waals surface area contributed by atoms with Crippen LogP contribution < -0.4 is 10.0 Å². The molecule has 0 fully saturated rings. The molecule has 0 bridgehead atoms. The van der Waals surface area contributed by atoms with Crippen LogP contribution in [0.5, 0.6) is 0 Å². The van der Waals surface area contributed by atoms with Crippen LogP contribution in [0.4, 0.5) is 0 Å². The minimum Gasteiger partial charge on any atom is -0.315 e. The first-order valence-electron chi connectivity index (χ1n) is 6.02. The van der Waals surface area contributed by atoms with E-state index in [0.29, 0.717) is 10.8 Å². The Morgan fingerprint density at radius 1 is 1.35 bits per heavy atom. The van der Waals surface area contributed by atoms with Gasteiger partial charge >= 0.3 is 0 Å². The normalized spacial score (nSPS) is 12.8. The standard InChI is InChI=1S/C12H17N3O2S3/c1-12(2,11-14-6-7-18-11)15-20(16,17)10-5-4-9(19-10)8-13-3/h4-7,13,15H,8H2,1-3H3. The number of thiazole rings is 1. The zero-order valence-corrected chi connectivity index (χ0v) is 14.0. The third-order valence-corrected chi connectivity index (χ3v) is 6.94. The van der Waals surface area contributed by atoms with Crippen LogP contribution in [0, 0.1) is 0 Å². The van der Waals surface area contributed by atoms with E-state index in [0.717, 1.165) is 9.88 Å². The molecule has 0 saturated carbocycles. The van der Waals surface area contributed by atoms with Crippen LogP contribution >= 0.6 is 22.7 Å². The molecule has 0 atom stereocenters. The summed E-state index contributed by atoms with van der Waals surface area (Å²) < 4.78 is 27.9. The molecule has 2 rings (SSSR count). The second kappa shape index (κ2) is 5.90. The Balaban J connectivity index is 2.22. The number of thiophene rings is 1. The molecule has 0 aromatic carbocycles. The number of sulfonamides is 1. The lowest BCUT2D eigenvalue weighted by Crippen LogP contribution is -2.40. The van der Waals surface area contributed by atoms with Gasteiger partial charge in [-0.05, 0) is 33.0 Å². The van der Waals surface area contributed by atoms with Gasteiger partial charge < -0.3 is 5.32 Å². The van der Waals surface area contributed by atoms with Crippen LogP contribution in [0.1, 0.15) is 23.7 Å². The molecular weight excluding hydrogens is 314 g/mol. The van der Waals surface area contributed by atoms with Crippen molar-refractivity contribution in [3.8, 4) is 0 Å². The van der Waals surface area contributed by atoms with Gasteiger partial charge in [0, 0.05) is 23.0 Å². The Kier molecular flexibility index (Phi) is 4.60. The van der Waals surface area contributed by atoms with Gasteiger partial charge in [0.15, 0.2) is 0 Å². The smallest absolute Gasteiger partial charge is 0.250 e. The van der Waals surface area contributed by atoms with E-state index >= 15 is 0 Å². The maximum absolute atomic E-state index is 12.4. The molecule has 110 valence electrons. The topological polar surface area (TPSA) is 71.1 Å². The van der Waals surface area contributed by atoms with Crippen molar-refractivity contribution < 1.29 is 8.42 Å². The van der Waals surface area contributed by atoms with Crippen molar-refractivity contribution in [2.45, 2.75) is 30.1 Å². The first-order valence-corrected chi connectivity index (χ1v) is 9.20. The fourth-order valence-corrected chi connectivity index (χ4v) is 5.26.